The Hall–Kier alpha value is -1.16. The molecule has 0 spiro atoms. The number of hydrogen-bond donors (Lipinski definition) is 0. The van der Waals surface area contributed by atoms with Crippen LogP contribution in [0.2, 0.25) is 0 Å². The van der Waals surface area contributed by atoms with E-state index in [1.807, 2.05) is 30.3 Å². The summed E-state index contributed by atoms with van der Waals surface area (Å²) in [5.74, 6) is 0.771. The standard InChI is InChI=1S/C23H37N2O4PS/c1-20(2)25(21(3)4)30(29-17-12-15-24)28-16-10-5-6-11-18-31-23(26)27-19-22-13-8-7-9-14-22/h7-9,13-14,20-21H,5-6,10-12,16-19H2,1-4H3. The number of carbonyl (C=O) groups excluding carboxylic acids is 1. The van der Waals surface area contributed by atoms with Gasteiger partial charge in [-0.1, -0.05) is 43.2 Å². The zero-order valence-corrected chi connectivity index (χ0v) is 21.0. The maximum absolute atomic E-state index is 11.8. The summed E-state index contributed by atoms with van der Waals surface area (Å²) < 4.78 is 19.5. The molecule has 8 heteroatoms. The van der Waals surface area contributed by atoms with Crippen LogP contribution in [0, 0.1) is 11.3 Å². The number of benzene rings is 1. The third-order valence-corrected chi connectivity index (χ3v) is 7.28. The molecule has 0 bridgehead atoms. The second kappa shape index (κ2) is 17.4. The van der Waals surface area contributed by atoms with Crippen LogP contribution in [0.1, 0.15) is 65.4 Å². The van der Waals surface area contributed by atoms with Crippen molar-refractivity contribution in [1.29, 1.82) is 5.26 Å². The van der Waals surface area contributed by atoms with E-state index in [1.165, 1.54) is 11.8 Å². The smallest absolute Gasteiger partial charge is 0.367 e. The average Bonchev–Trinajstić information content (AvgIpc) is 2.74. The quantitative estimate of drug-likeness (QED) is 0.148. The zero-order chi connectivity index (χ0) is 22.9. The molecule has 0 radical (unpaired) electrons. The molecular formula is C23H37N2O4PS. The topological polar surface area (TPSA) is 71.8 Å². The Morgan fingerprint density at radius 1 is 1.03 bits per heavy atom. The first-order valence-electron chi connectivity index (χ1n) is 11.0. The number of unbranched alkanes of at least 4 members (excludes halogenated alkanes) is 3. The van der Waals surface area contributed by atoms with Crippen molar-refractivity contribution in [1.82, 2.24) is 4.67 Å². The van der Waals surface area contributed by atoms with E-state index in [0.29, 0.717) is 38.3 Å². The predicted octanol–water partition coefficient (Wildman–Crippen LogP) is 6.91. The molecule has 31 heavy (non-hydrogen) atoms. The van der Waals surface area contributed by atoms with Crippen LogP contribution in [-0.4, -0.2) is 41.0 Å². The Balaban J connectivity index is 2.16. The summed E-state index contributed by atoms with van der Waals surface area (Å²) in [5, 5.41) is 8.55. The van der Waals surface area contributed by atoms with Gasteiger partial charge in [0.05, 0.1) is 25.7 Å². The molecule has 1 unspecified atom stereocenters. The molecule has 1 rings (SSSR count). The minimum Gasteiger partial charge on any atom is -0.453 e. The van der Waals surface area contributed by atoms with Crippen molar-refractivity contribution in [3.8, 4) is 6.07 Å². The fourth-order valence-electron chi connectivity index (χ4n) is 2.93. The van der Waals surface area contributed by atoms with Crippen LogP contribution in [0.15, 0.2) is 30.3 Å². The van der Waals surface area contributed by atoms with Crippen LogP contribution in [-0.2, 0) is 20.4 Å². The molecule has 1 atom stereocenters. The lowest BCUT2D eigenvalue weighted by Crippen LogP contribution is -2.33. The van der Waals surface area contributed by atoms with Crippen molar-refractivity contribution in [3.63, 3.8) is 0 Å². The van der Waals surface area contributed by atoms with E-state index in [0.717, 1.165) is 37.0 Å². The van der Waals surface area contributed by atoms with Crippen LogP contribution in [0.3, 0.4) is 0 Å². The summed E-state index contributed by atoms with van der Waals surface area (Å²) in [7, 11) is -1.16. The van der Waals surface area contributed by atoms with E-state index in [9.17, 15) is 4.79 Å². The Bertz CT molecular complexity index is 632. The summed E-state index contributed by atoms with van der Waals surface area (Å²) in [4.78, 5) is 11.8. The number of thioether (sulfide) groups is 1. The van der Waals surface area contributed by atoms with Gasteiger partial charge in [0.25, 0.3) is 8.53 Å². The molecule has 0 fully saturated rings. The Morgan fingerprint density at radius 3 is 2.32 bits per heavy atom. The van der Waals surface area contributed by atoms with Crippen LogP contribution >= 0.6 is 20.3 Å². The normalized spacial score (nSPS) is 12.3. The lowest BCUT2D eigenvalue weighted by molar-refractivity contribution is 0.168. The van der Waals surface area contributed by atoms with Crippen LogP contribution in [0.5, 0.6) is 0 Å². The van der Waals surface area contributed by atoms with Gasteiger partial charge in [0, 0.05) is 17.8 Å². The summed E-state index contributed by atoms with van der Waals surface area (Å²) in [6.07, 6.45) is 4.39. The van der Waals surface area contributed by atoms with Crippen LogP contribution in [0.4, 0.5) is 4.79 Å². The van der Waals surface area contributed by atoms with Gasteiger partial charge in [-0.15, -0.1) is 0 Å². The molecule has 0 N–H and O–H groups in total. The lowest BCUT2D eigenvalue weighted by Gasteiger charge is -2.35. The molecule has 0 aliphatic carbocycles. The number of nitriles is 1. The first-order chi connectivity index (χ1) is 15.0. The van der Waals surface area contributed by atoms with Gasteiger partial charge in [0.1, 0.15) is 6.61 Å². The predicted molar refractivity (Wildman–Crippen MR) is 129 cm³/mol. The third-order valence-electron chi connectivity index (χ3n) is 4.32. The number of hydrogen-bond acceptors (Lipinski definition) is 7. The van der Waals surface area contributed by atoms with E-state index in [4.69, 9.17) is 19.0 Å². The highest BCUT2D eigenvalue weighted by molar-refractivity contribution is 8.13. The molecule has 0 aliphatic rings. The molecule has 1 aromatic rings. The number of nitrogens with zero attached hydrogens (tertiary/aromatic N) is 2. The SMILES string of the molecule is CC(C)N(C(C)C)P(OCCC#N)OCCCCCCSC(=O)OCc1ccccc1. The second-order valence-electron chi connectivity index (χ2n) is 7.67. The molecule has 174 valence electrons. The van der Waals surface area contributed by atoms with E-state index in [-0.39, 0.29) is 5.30 Å². The van der Waals surface area contributed by atoms with Crippen LogP contribution < -0.4 is 0 Å². The van der Waals surface area contributed by atoms with Crippen molar-refractivity contribution in [2.24, 2.45) is 0 Å². The Morgan fingerprint density at radius 2 is 1.68 bits per heavy atom. The highest BCUT2D eigenvalue weighted by Gasteiger charge is 2.26. The zero-order valence-electron chi connectivity index (χ0n) is 19.3. The molecular weight excluding hydrogens is 431 g/mol. The maximum Gasteiger partial charge on any atom is 0.367 e. The molecule has 0 amide bonds. The van der Waals surface area contributed by atoms with E-state index in [1.54, 1.807) is 0 Å². The Kier molecular flexibility index (Phi) is 15.6. The van der Waals surface area contributed by atoms with Gasteiger partial charge in [-0.25, -0.2) is 9.46 Å². The van der Waals surface area contributed by atoms with Gasteiger partial charge < -0.3 is 13.8 Å². The average molecular weight is 469 g/mol. The first kappa shape index (κ1) is 27.9. The van der Waals surface area contributed by atoms with Crippen molar-refractivity contribution in [2.45, 2.75) is 78.5 Å². The molecule has 0 aromatic heterocycles. The fourth-order valence-corrected chi connectivity index (χ4v) is 5.21. The van der Waals surface area contributed by atoms with E-state index < -0.39 is 8.53 Å². The summed E-state index contributed by atoms with van der Waals surface area (Å²) in [5.41, 5.74) is 1.00. The molecule has 0 aliphatic heterocycles. The first-order valence-corrected chi connectivity index (χ1v) is 13.1. The highest BCUT2D eigenvalue weighted by atomic mass is 32.2. The van der Waals surface area contributed by atoms with Crippen LogP contribution in [0.25, 0.3) is 0 Å². The number of ether oxygens (including phenoxy) is 1. The number of rotatable bonds is 16. The minimum absolute atomic E-state index is 0.213. The van der Waals surface area contributed by atoms with E-state index in [2.05, 4.69) is 38.4 Å². The van der Waals surface area contributed by atoms with Crippen molar-refractivity contribution in [2.75, 3.05) is 19.0 Å². The fraction of sp³-hybridized carbons (Fsp3) is 0.652. The maximum atomic E-state index is 11.8. The minimum atomic E-state index is -1.16. The summed E-state index contributed by atoms with van der Waals surface area (Å²) in [6.45, 7) is 9.90. The summed E-state index contributed by atoms with van der Waals surface area (Å²) >= 11 is 1.24. The molecule has 1 aromatic carbocycles. The lowest BCUT2D eigenvalue weighted by atomic mass is 10.2. The van der Waals surface area contributed by atoms with Gasteiger partial charge in [-0.05, 0) is 57.9 Å². The number of carbonyl (C=O) groups is 1. The van der Waals surface area contributed by atoms with Gasteiger partial charge >= 0.3 is 5.30 Å². The second-order valence-corrected chi connectivity index (χ2v) is 10.2. The Labute approximate surface area is 193 Å². The molecule has 0 saturated heterocycles. The van der Waals surface area contributed by atoms with E-state index >= 15 is 0 Å². The van der Waals surface area contributed by atoms with Crippen molar-refractivity contribution in [3.05, 3.63) is 35.9 Å². The van der Waals surface area contributed by atoms with Crippen molar-refractivity contribution >= 4 is 25.6 Å². The molecule has 0 heterocycles. The van der Waals surface area contributed by atoms with Crippen molar-refractivity contribution < 1.29 is 18.6 Å². The highest BCUT2D eigenvalue weighted by Crippen LogP contribution is 2.46. The monoisotopic (exact) mass is 468 g/mol. The largest absolute Gasteiger partial charge is 0.453 e. The van der Waals surface area contributed by atoms with Gasteiger partial charge in [0.15, 0.2) is 0 Å². The molecule has 0 saturated carbocycles. The van der Waals surface area contributed by atoms with Gasteiger partial charge in [0.2, 0.25) is 0 Å². The summed E-state index contributed by atoms with van der Waals surface area (Å²) in [6, 6.07) is 12.4. The third kappa shape index (κ3) is 13.1. The van der Waals surface area contributed by atoms with Gasteiger partial charge in [-0.2, -0.15) is 5.26 Å². The molecule has 6 nitrogen and oxygen atoms in total. The van der Waals surface area contributed by atoms with Gasteiger partial charge in [-0.3, -0.25) is 0 Å².